The highest BCUT2D eigenvalue weighted by molar-refractivity contribution is 5.64. The van der Waals surface area contributed by atoms with Crippen LogP contribution in [0.4, 0.5) is 0 Å². The van der Waals surface area contributed by atoms with Crippen LogP contribution in [0.25, 0.3) is 5.57 Å². The van der Waals surface area contributed by atoms with Gasteiger partial charge in [-0.1, -0.05) is 66.7 Å². The van der Waals surface area contributed by atoms with Gasteiger partial charge in [0, 0.05) is 12.6 Å². The third kappa shape index (κ3) is 3.80. The van der Waals surface area contributed by atoms with Crippen molar-refractivity contribution in [3.05, 3.63) is 77.9 Å². The lowest BCUT2D eigenvalue weighted by Gasteiger charge is -2.16. The number of benzene rings is 2. The average molecular weight is 251 g/mol. The van der Waals surface area contributed by atoms with Gasteiger partial charge in [0.05, 0.1) is 0 Å². The Balaban J connectivity index is 1.92. The SMILES string of the molecule is C=C(CN[C@@H](C)c1ccc(C)cc1)c1ccccc1. The quantitative estimate of drug-likeness (QED) is 0.832. The summed E-state index contributed by atoms with van der Waals surface area (Å²) in [6, 6.07) is 19.3. The third-order valence-electron chi connectivity index (χ3n) is 3.38. The maximum Gasteiger partial charge on any atom is 0.0294 e. The highest BCUT2D eigenvalue weighted by Gasteiger charge is 2.05. The summed E-state index contributed by atoms with van der Waals surface area (Å²) in [6.45, 7) is 9.24. The van der Waals surface area contributed by atoms with Crippen LogP contribution in [0.3, 0.4) is 0 Å². The molecule has 1 N–H and O–H groups in total. The van der Waals surface area contributed by atoms with Gasteiger partial charge in [-0.15, -0.1) is 0 Å². The fourth-order valence-corrected chi connectivity index (χ4v) is 2.03. The second kappa shape index (κ2) is 6.35. The molecule has 19 heavy (non-hydrogen) atoms. The molecule has 0 aliphatic carbocycles. The maximum absolute atomic E-state index is 4.14. The standard InChI is InChI=1S/C18H21N/c1-14-9-11-18(12-10-14)16(3)19-13-15(2)17-7-5-4-6-8-17/h4-12,16,19H,2,13H2,1,3H3/t16-/m0/s1. The summed E-state index contributed by atoms with van der Waals surface area (Å²) < 4.78 is 0. The van der Waals surface area contributed by atoms with Crippen molar-refractivity contribution in [3.63, 3.8) is 0 Å². The van der Waals surface area contributed by atoms with Crippen molar-refractivity contribution in [2.45, 2.75) is 19.9 Å². The van der Waals surface area contributed by atoms with E-state index in [-0.39, 0.29) is 0 Å². The van der Waals surface area contributed by atoms with E-state index < -0.39 is 0 Å². The molecule has 0 amide bonds. The van der Waals surface area contributed by atoms with E-state index >= 15 is 0 Å². The van der Waals surface area contributed by atoms with Crippen molar-refractivity contribution in [2.24, 2.45) is 0 Å². The predicted molar refractivity (Wildman–Crippen MR) is 83.1 cm³/mol. The molecule has 0 fully saturated rings. The smallest absolute Gasteiger partial charge is 0.0294 e. The summed E-state index contributed by atoms with van der Waals surface area (Å²) in [5.74, 6) is 0. The minimum Gasteiger partial charge on any atom is -0.306 e. The number of nitrogens with one attached hydrogen (secondary N) is 1. The fourth-order valence-electron chi connectivity index (χ4n) is 2.03. The Bertz CT molecular complexity index is 525. The Morgan fingerprint density at radius 3 is 2.32 bits per heavy atom. The van der Waals surface area contributed by atoms with Gasteiger partial charge in [0.2, 0.25) is 0 Å². The first-order valence-corrected chi connectivity index (χ1v) is 6.70. The van der Waals surface area contributed by atoms with Gasteiger partial charge < -0.3 is 5.32 Å². The lowest BCUT2D eigenvalue weighted by molar-refractivity contribution is 0.622. The number of aryl methyl sites for hydroxylation is 1. The Kier molecular flexibility index (Phi) is 4.53. The Morgan fingerprint density at radius 2 is 1.68 bits per heavy atom. The molecule has 0 spiro atoms. The van der Waals surface area contributed by atoms with Crippen molar-refractivity contribution in [3.8, 4) is 0 Å². The number of rotatable bonds is 5. The summed E-state index contributed by atoms with van der Waals surface area (Å²) in [6.07, 6.45) is 0. The van der Waals surface area contributed by atoms with Gasteiger partial charge in [-0.05, 0) is 30.5 Å². The molecule has 0 saturated heterocycles. The van der Waals surface area contributed by atoms with E-state index in [2.05, 4.69) is 62.1 Å². The molecule has 2 aromatic carbocycles. The van der Waals surface area contributed by atoms with E-state index in [9.17, 15) is 0 Å². The predicted octanol–water partition coefficient (Wildman–Crippen LogP) is 4.36. The Morgan fingerprint density at radius 1 is 1.05 bits per heavy atom. The lowest BCUT2D eigenvalue weighted by atomic mass is 10.0. The highest BCUT2D eigenvalue weighted by atomic mass is 14.9. The van der Waals surface area contributed by atoms with E-state index in [1.54, 1.807) is 0 Å². The second-order valence-electron chi connectivity index (χ2n) is 4.98. The van der Waals surface area contributed by atoms with Gasteiger partial charge in [-0.25, -0.2) is 0 Å². The van der Waals surface area contributed by atoms with Crippen molar-refractivity contribution in [1.29, 1.82) is 0 Å². The van der Waals surface area contributed by atoms with Crippen molar-refractivity contribution in [2.75, 3.05) is 6.54 Å². The van der Waals surface area contributed by atoms with E-state index in [0.717, 1.165) is 12.1 Å². The van der Waals surface area contributed by atoms with Crippen LogP contribution in [0.5, 0.6) is 0 Å². The molecule has 2 rings (SSSR count). The van der Waals surface area contributed by atoms with Crippen LogP contribution in [-0.2, 0) is 0 Å². The van der Waals surface area contributed by atoms with Gasteiger partial charge in [0.1, 0.15) is 0 Å². The van der Waals surface area contributed by atoms with Gasteiger partial charge in [-0.3, -0.25) is 0 Å². The van der Waals surface area contributed by atoms with E-state index in [0.29, 0.717) is 6.04 Å². The van der Waals surface area contributed by atoms with Crippen LogP contribution in [0.15, 0.2) is 61.2 Å². The van der Waals surface area contributed by atoms with Gasteiger partial charge in [0.25, 0.3) is 0 Å². The van der Waals surface area contributed by atoms with Crippen LogP contribution in [0.2, 0.25) is 0 Å². The second-order valence-corrected chi connectivity index (χ2v) is 4.98. The molecule has 1 atom stereocenters. The first kappa shape index (κ1) is 13.6. The van der Waals surface area contributed by atoms with Crippen LogP contribution < -0.4 is 5.32 Å². The summed E-state index contributed by atoms with van der Waals surface area (Å²) >= 11 is 0. The highest BCUT2D eigenvalue weighted by Crippen LogP contribution is 2.15. The molecule has 0 bridgehead atoms. The molecule has 0 unspecified atom stereocenters. The Hall–Kier alpha value is -1.86. The summed E-state index contributed by atoms with van der Waals surface area (Å²) in [5, 5.41) is 3.52. The molecule has 0 aliphatic heterocycles. The minimum absolute atomic E-state index is 0.334. The van der Waals surface area contributed by atoms with Gasteiger partial charge in [-0.2, -0.15) is 0 Å². The molecule has 1 heteroatoms. The molecule has 0 heterocycles. The average Bonchev–Trinajstić information content (AvgIpc) is 2.46. The topological polar surface area (TPSA) is 12.0 Å². The number of hydrogen-bond donors (Lipinski definition) is 1. The largest absolute Gasteiger partial charge is 0.306 e. The number of hydrogen-bond acceptors (Lipinski definition) is 1. The monoisotopic (exact) mass is 251 g/mol. The van der Waals surface area contributed by atoms with Crippen LogP contribution in [0, 0.1) is 6.92 Å². The van der Waals surface area contributed by atoms with Crippen LogP contribution in [-0.4, -0.2) is 6.54 Å². The van der Waals surface area contributed by atoms with Crippen molar-refractivity contribution < 1.29 is 0 Å². The summed E-state index contributed by atoms with van der Waals surface area (Å²) in [7, 11) is 0. The van der Waals surface area contributed by atoms with E-state index in [4.69, 9.17) is 0 Å². The van der Waals surface area contributed by atoms with E-state index in [1.807, 2.05) is 18.2 Å². The zero-order chi connectivity index (χ0) is 13.7. The first-order valence-electron chi connectivity index (χ1n) is 6.70. The summed E-state index contributed by atoms with van der Waals surface area (Å²) in [4.78, 5) is 0. The molecule has 98 valence electrons. The first-order chi connectivity index (χ1) is 9.16. The fraction of sp³-hybridized carbons (Fsp3) is 0.222. The third-order valence-corrected chi connectivity index (χ3v) is 3.38. The molecular formula is C18H21N. The van der Waals surface area contributed by atoms with Gasteiger partial charge >= 0.3 is 0 Å². The minimum atomic E-state index is 0.334. The molecule has 2 aromatic rings. The van der Waals surface area contributed by atoms with Crippen molar-refractivity contribution >= 4 is 5.57 Å². The summed E-state index contributed by atoms with van der Waals surface area (Å²) in [5.41, 5.74) is 4.93. The van der Waals surface area contributed by atoms with E-state index in [1.165, 1.54) is 16.7 Å². The van der Waals surface area contributed by atoms with Crippen molar-refractivity contribution in [1.82, 2.24) is 5.32 Å². The zero-order valence-corrected chi connectivity index (χ0v) is 11.7. The Labute approximate surface area is 116 Å². The van der Waals surface area contributed by atoms with Gasteiger partial charge in [0.15, 0.2) is 0 Å². The maximum atomic E-state index is 4.14. The van der Waals surface area contributed by atoms with Crippen LogP contribution in [0.1, 0.15) is 29.7 Å². The molecule has 0 aliphatic rings. The molecule has 1 nitrogen and oxygen atoms in total. The van der Waals surface area contributed by atoms with Crippen LogP contribution >= 0.6 is 0 Å². The lowest BCUT2D eigenvalue weighted by Crippen LogP contribution is -2.20. The molecule has 0 saturated carbocycles. The normalized spacial score (nSPS) is 12.1. The molecule has 0 aromatic heterocycles. The zero-order valence-electron chi connectivity index (χ0n) is 11.7. The molecule has 0 radical (unpaired) electrons. The molecular weight excluding hydrogens is 230 g/mol.